The average Bonchev–Trinajstić information content (AvgIpc) is 2.38. The lowest BCUT2D eigenvalue weighted by Gasteiger charge is -2.36. The Kier molecular flexibility index (Phi) is 4.75. The molecule has 0 atom stereocenters. The van der Waals surface area contributed by atoms with Crippen molar-refractivity contribution >= 4 is 21.8 Å². The van der Waals surface area contributed by atoms with Crippen molar-refractivity contribution in [2.75, 3.05) is 6.61 Å². The van der Waals surface area contributed by atoms with Crippen LogP contribution in [0.2, 0.25) is 0 Å². The minimum atomic E-state index is -0.918. The van der Waals surface area contributed by atoms with Crippen molar-refractivity contribution in [2.24, 2.45) is 0 Å². The van der Waals surface area contributed by atoms with Crippen molar-refractivity contribution in [1.29, 1.82) is 0 Å². The molecule has 0 aromatic heterocycles. The summed E-state index contributed by atoms with van der Waals surface area (Å²) >= 11 is 2.97. The fourth-order valence-electron chi connectivity index (χ4n) is 2.61. The first-order valence-electron chi connectivity index (χ1n) is 6.55. The number of hydrogen-bond acceptors (Lipinski definition) is 2. The van der Waals surface area contributed by atoms with Gasteiger partial charge in [0.2, 0.25) is 0 Å². The van der Waals surface area contributed by atoms with Crippen molar-refractivity contribution in [3.8, 4) is 0 Å². The molecule has 2 N–H and O–H groups in total. The maximum absolute atomic E-state index is 13.8. The predicted molar refractivity (Wildman–Crippen MR) is 74.4 cm³/mol. The van der Waals surface area contributed by atoms with Gasteiger partial charge in [-0.25, -0.2) is 8.78 Å². The summed E-state index contributed by atoms with van der Waals surface area (Å²) in [5.74, 6) is -2.65. The second-order valence-corrected chi connectivity index (χ2v) is 6.11. The zero-order valence-electron chi connectivity index (χ0n) is 10.9. The van der Waals surface area contributed by atoms with E-state index in [1.54, 1.807) is 0 Å². The van der Waals surface area contributed by atoms with E-state index in [0.29, 0.717) is 12.8 Å². The summed E-state index contributed by atoms with van der Waals surface area (Å²) in [6, 6.07) is 2.09. The number of aliphatic hydroxyl groups excluding tert-OH is 1. The summed E-state index contributed by atoms with van der Waals surface area (Å²) in [7, 11) is 0. The van der Waals surface area contributed by atoms with Crippen LogP contribution in [0.1, 0.15) is 42.5 Å². The van der Waals surface area contributed by atoms with E-state index in [1.807, 2.05) is 0 Å². The summed E-state index contributed by atoms with van der Waals surface area (Å²) in [6.07, 6.45) is 4.04. The molecular weight excluding hydrogens is 332 g/mol. The Bertz CT molecular complexity index is 493. The Labute approximate surface area is 124 Å². The highest BCUT2D eigenvalue weighted by molar-refractivity contribution is 9.10. The van der Waals surface area contributed by atoms with E-state index in [0.717, 1.165) is 31.4 Å². The fraction of sp³-hybridized carbons (Fsp3) is 0.500. The lowest BCUT2D eigenvalue weighted by molar-refractivity contribution is 0.0750. The van der Waals surface area contributed by atoms with Gasteiger partial charge in [-0.05, 0) is 25.0 Å². The Morgan fingerprint density at radius 1 is 1.25 bits per heavy atom. The maximum Gasteiger partial charge on any atom is 0.257 e. The van der Waals surface area contributed by atoms with Gasteiger partial charge in [-0.2, -0.15) is 0 Å². The molecule has 0 bridgehead atoms. The summed E-state index contributed by atoms with van der Waals surface area (Å²) in [5, 5.41) is 12.1. The number of amides is 1. The second-order valence-electron chi connectivity index (χ2n) is 5.20. The average molecular weight is 348 g/mol. The van der Waals surface area contributed by atoms with E-state index in [4.69, 9.17) is 0 Å². The molecule has 1 aliphatic rings. The summed E-state index contributed by atoms with van der Waals surface area (Å²) < 4.78 is 27.7. The van der Waals surface area contributed by atoms with Gasteiger partial charge in [0.1, 0.15) is 17.2 Å². The van der Waals surface area contributed by atoms with Crippen LogP contribution in [-0.2, 0) is 0 Å². The van der Waals surface area contributed by atoms with Crippen LogP contribution in [0.25, 0.3) is 0 Å². The number of benzene rings is 1. The van der Waals surface area contributed by atoms with Crippen molar-refractivity contribution in [1.82, 2.24) is 5.32 Å². The highest BCUT2D eigenvalue weighted by Gasteiger charge is 2.34. The molecule has 0 unspecified atom stereocenters. The number of hydrogen-bond donors (Lipinski definition) is 2. The molecule has 0 saturated heterocycles. The van der Waals surface area contributed by atoms with E-state index < -0.39 is 28.6 Å². The molecule has 1 fully saturated rings. The molecule has 1 aromatic rings. The van der Waals surface area contributed by atoms with Crippen molar-refractivity contribution < 1.29 is 18.7 Å². The normalized spacial score (nSPS) is 17.8. The van der Waals surface area contributed by atoms with Crippen LogP contribution < -0.4 is 5.32 Å². The lowest BCUT2D eigenvalue weighted by atomic mass is 9.82. The van der Waals surface area contributed by atoms with Gasteiger partial charge < -0.3 is 10.4 Å². The van der Waals surface area contributed by atoms with Gasteiger partial charge in [-0.15, -0.1) is 0 Å². The first-order valence-corrected chi connectivity index (χ1v) is 7.35. The monoisotopic (exact) mass is 347 g/mol. The molecule has 0 aliphatic heterocycles. The Morgan fingerprint density at radius 3 is 2.30 bits per heavy atom. The number of rotatable bonds is 3. The molecule has 2 rings (SSSR count). The van der Waals surface area contributed by atoms with Crippen LogP contribution >= 0.6 is 15.9 Å². The molecule has 110 valence electrons. The number of halogens is 3. The van der Waals surface area contributed by atoms with Crippen molar-refractivity contribution in [2.45, 2.75) is 37.6 Å². The van der Waals surface area contributed by atoms with E-state index in [9.17, 15) is 18.7 Å². The molecule has 1 aromatic carbocycles. The summed E-state index contributed by atoms with van der Waals surface area (Å²) in [6.45, 7) is -0.224. The van der Waals surface area contributed by atoms with E-state index >= 15 is 0 Å². The molecule has 0 heterocycles. The van der Waals surface area contributed by atoms with Crippen LogP contribution in [0.4, 0.5) is 8.78 Å². The van der Waals surface area contributed by atoms with Gasteiger partial charge in [0.15, 0.2) is 0 Å². The highest BCUT2D eigenvalue weighted by atomic mass is 79.9. The Morgan fingerprint density at radius 2 is 1.80 bits per heavy atom. The summed E-state index contributed by atoms with van der Waals surface area (Å²) in [4.78, 5) is 12.1. The predicted octanol–water partition coefficient (Wildman–Crippen LogP) is 3.15. The number of aliphatic hydroxyl groups is 1. The molecular formula is C14H16BrF2NO2. The van der Waals surface area contributed by atoms with Crippen molar-refractivity contribution in [3.05, 3.63) is 33.8 Å². The fourth-order valence-corrected chi connectivity index (χ4v) is 3.02. The Balaban J connectivity index is 2.23. The van der Waals surface area contributed by atoms with Crippen molar-refractivity contribution in [3.63, 3.8) is 0 Å². The lowest BCUT2D eigenvalue weighted by Crippen LogP contribution is -2.52. The third-order valence-corrected chi connectivity index (χ3v) is 4.18. The van der Waals surface area contributed by atoms with Gasteiger partial charge in [0, 0.05) is 4.47 Å². The largest absolute Gasteiger partial charge is 0.394 e. The Hall–Kier alpha value is -1.01. The number of carbonyl (C=O) groups is 1. The van der Waals surface area contributed by atoms with Crippen LogP contribution in [0.5, 0.6) is 0 Å². The van der Waals surface area contributed by atoms with E-state index in [2.05, 4.69) is 21.2 Å². The van der Waals surface area contributed by atoms with Crippen LogP contribution in [-0.4, -0.2) is 23.2 Å². The minimum absolute atomic E-state index is 0.224. The first-order chi connectivity index (χ1) is 9.47. The molecule has 1 aliphatic carbocycles. The third kappa shape index (κ3) is 3.17. The summed E-state index contributed by atoms with van der Waals surface area (Å²) in [5.41, 5.74) is -1.37. The number of carbonyl (C=O) groups excluding carboxylic acids is 1. The zero-order valence-corrected chi connectivity index (χ0v) is 12.5. The first kappa shape index (κ1) is 15.4. The van der Waals surface area contributed by atoms with Gasteiger partial charge in [0.25, 0.3) is 5.91 Å². The third-order valence-electron chi connectivity index (χ3n) is 3.73. The topological polar surface area (TPSA) is 49.3 Å². The van der Waals surface area contributed by atoms with Crippen LogP contribution in [0.15, 0.2) is 16.6 Å². The van der Waals surface area contributed by atoms with Gasteiger partial charge in [0.05, 0.1) is 12.1 Å². The molecule has 0 spiro atoms. The van der Waals surface area contributed by atoms with Crippen LogP contribution in [0, 0.1) is 11.6 Å². The molecule has 20 heavy (non-hydrogen) atoms. The number of nitrogens with one attached hydrogen (secondary N) is 1. The van der Waals surface area contributed by atoms with Gasteiger partial charge in [-0.3, -0.25) is 4.79 Å². The van der Waals surface area contributed by atoms with E-state index in [1.165, 1.54) is 0 Å². The highest BCUT2D eigenvalue weighted by Crippen LogP contribution is 2.29. The second kappa shape index (κ2) is 6.18. The molecule has 3 nitrogen and oxygen atoms in total. The smallest absolute Gasteiger partial charge is 0.257 e. The molecule has 1 saturated carbocycles. The van der Waals surface area contributed by atoms with Gasteiger partial charge in [-0.1, -0.05) is 35.2 Å². The molecule has 6 heteroatoms. The SMILES string of the molecule is O=C(NC1(CO)CCCCC1)c1c(F)cc(Br)cc1F. The van der Waals surface area contributed by atoms with E-state index in [-0.39, 0.29) is 11.1 Å². The molecule has 0 radical (unpaired) electrons. The molecule has 1 amide bonds. The quantitative estimate of drug-likeness (QED) is 0.882. The zero-order chi connectivity index (χ0) is 14.8. The minimum Gasteiger partial charge on any atom is -0.394 e. The van der Waals surface area contributed by atoms with Crippen LogP contribution in [0.3, 0.4) is 0 Å². The maximum atomic E-state index is 13.8. The standard InChI is InChI=1S/C14H16BrF2NO2/c15-9-6-10(16)12(11(17)7-9)13(20)18-14(8-19)4-2-1-3-5-14/h6-7,19H,1-5,8H2,(H,18,20). The van der Waals surface area contributed by atoms with Gasteiger partial charge >= 0.3 is 0 Å².